The molecule has 1 aromatic heterocycles. The third kappa shape index (κ3) is 4.58. The van der Waals surface area contributed by atoms with Gasteiger partial charge in [-0.2, -0.15) is 5.26 Å². The fourth-order valence-corrected chi connectivity index (χ4v) is 2.86. The fourth-order valence-electron chi connectivity index (χ4n) is 2.86. The molecule has 0 bridgehead atoms. The van der Waals surface area contributed by atoms with Crippen molar-refractivity contribution < 1.29 is 9.32 Å². The molecule has 1 aromatic carbocycles. The van der Waals surface area contributed by atoms with E-state index in [-0.39, 0.29) is 6.03 Å². The van der Waals surface area contributed by atoms with E-state index in [2.05, 4.69) is 21.4 Å². The molecule has 0 unspecified atom stereocenters. The zero-order valence-corrected chi connectivity index (χ0v) is 14.2. The Morgan fingerprint density at radius 1 is 1.32 bits per heavy atom. The number of rotatable bonds is 4. The average Bonchev–Trinajstić information content (AvgIpc) is 3.05. The first-order valence-corrected chi connectivity index (χ1v) is 8.30. The Bertz CT molecular complexity index is 772. The van der Waals surface area contributed by atoms with Crippen LogP contribution in [0.2, 0.25) is 0 Å². The molecule has 0 saturated carbocycles. The summed E-state index contributed by atoms with van der Waals surface area (Å²) < 4.78 is 5.24. The van der Waals surface area contributed by atoms with E-state index >= 15 is 0 Å². The summed E-state index contributed by atoms with van der Waals surface area (Å²) in [6.45, 7) is 6.01. The number of aromatic nitrogens is 1. The maximum absolute atomic E-state index is 12.3. The van der Waals surface area contributed by atoms with Crippen LogP contribution in [0.4, 0.5) is 4.79 Å². The molecular formula is C18H21N5O2. The van der Waals surface area contributed by atoms with Gasteiger partial charge in [0, 0.05) is 38.8 Å². The highest BCUT2D eigenvalue weighted by Crippen LogP contribution is 2.10. The molecule has 0 spiro atoms. The molecule has 0 radical (unpaired) electrons. The van der Waals surface area contributed by atoms with E-state index in [1.54, 1.807) is 12.1 Å². The Hall–Kier alpha value is -2.85. The predicted molar refractivity (Wildman–Crippen MR) is 91.5 cm³/mol. The Morgan fingerprint density at radius 3 is 2.80 bits per heavy atom. The number of hydrogen-bond donors (Lipinski definition) is 1. The van der Waals surface area contributed by atoms with Crippen LogP contribution < -0.4 is 5.32 Å². The van der Waals surface area contributed by atoms with Gasteiger partial charge in [-0.25, -0.2) is 4.79 Å². The van der Waals surface area contributed by atoms with Gasteiger partial charge in [0.1, 0.15) is 0 Å². The van der Waals surface area contributed by atoms with Crippen molar-refractivity contribution in [2.75, 3.05) is 26.2 Å². The van der Waals surface area contributed by atoms with E-state index in [0.717, 1.165) is 36.7 Å². The van der Waals surface area contributed by atoms with Gasteiger partial charge in [-0.05, 0) is 24.6 Å². The van der Waals surface area contributed by atoms with E-state index in [0.29, 0.717) is 25.2 Å². The highest BCUT2D eigenvalue weighted by atomic mass is 16.5. The SMILES string of the molecule is Cc1cc(CN2CCN(C(=O)NCc3cccc(C#N)c3)CC2)on1. The number of nitrogens with zero attached hydrogens (tertiary/aromatic N) is 4. The Labute approximate surface area is 146 Å². The first-order valence-electron chi connectivity index (χ1n) is 8.30. The quantitative estimate of drug-likeness (QED) is 0.919. The van der Waals surface area contributed by atoms with Crippen LogP contribution in [0.3, 0.4) is 0 Å². The molecule has 25 heavy (non-hydrogen) atoms. The van der Waals surface area contributed by atoms with Crippen LogP contribution in [-0.4, -0.2) is 47.2 Å². The third-order valence-electron chi connectivity index (χ3n) is 4.22. The number of hydrogen-bond acceptors (Lipinski definition) is 5. The number of urea groups is 1. The predicted octanol–water partition coefficient (Wildman–Crippen LogP) is 1.88. The number of carbonyl (C=O) groups is 1. The zero-order chi connectivity index (χ0) is 17.6. The number of amides is 2. The molecule has 130 valence electrons. The van der Waals surface area contributed by atoms with Crippen molar-refractivity contribution in [3.8, 4) is 6.07 Å². The van der Waals surface area contributed by atoms with Crippen LogP contribution >= 0.6 is 0 Å². The minimum Gasteiger partial charge on any atom is -0.360 e. The molecule has 1 saturated heterocycles. The van der Waals surface area contributed by atoms with Crippen molar-refractivity contribution in [1.29, 1.82) is 5.26 Å². The van der Waals surface area contributed by atoms with Gasteiger partial charge < -0.3 is 14.7 Å². The second kappa shape index (κ2) is 7.81. The zero-order valence-electron chi connectivity index (χ0n) is 14.2. The Morgan fingerprint density at radius 2 is 2.12 bits per heavy atom. The van der Waals surface area contributed by atoms with Crippen LogP contribution in [-0.2, 0) is 13.1 Å². The lowest BCUT2D eigenvalue weighted by molar-refractivity contribution is 0.128. The monoisotopic (exact) mass is 339 g/mol. The first-order chi connectivity index (χ1) is 12.1. The van der Waals surface area contributed by atoms with Crippen molar-refractivity contribution in [3.63, 3.8) is 0 Å². The van der Waals surface area contributed by atoms with Gasteiger partial charge in [-0.1, -0.05) is 17.3 Å². The molecule has 1 N–H and O–H groups in total. The van der Waals surface area contributed by atoms with Crippen LogP contribution in [0.5, 0.6) is 0 Å². The van der Waals surface area contributed by atoms with Crippen molar-refractivity contribution in [2.45, 2.75) is 20.0 Å². The first kappa shape index (κ1) is 17.0. The van der Waals surface area contributed by atoms with Crippen LogP contribution in [0.25, 0.3) is 0 Å². The van der Waals surface area contributed by atoms with E-state index in [1.807, 2.05) is 30.0 Å². The van der Waals surface area contributed by atoms with Crippen molar-refractivity contribution in [2.24, 2.45) is 0 Å². The standard InChI is InChI=1S/C18H21N5O2/c1-14-9-17(25-21-14)13-22-5-7-23(8-6-22)18(24)20-12-16-4-2-3-15(10-16)11-19/h2-4,9-10H,5-8,12-13H2,1H3,(H,20,24). The van der Waals surface area contributed by atoms with Gasteiger partial charge in [0.25, 0.3) is 0 Å². The number of nitrogens with one attached hydrogen (secondary N) is 1. The second-order valence-corrected chi connectivity index (χ2v) is 6.17. The van der Waals surface area contributed by atoms with Gasteiger partial charge in [-0.3, -0.25) is 4.90 Å². The lowest BCUT2D eigenvalue weighted by Gasteiger charge is -2.34. The molecule has 1 aliphatic rings. The molecule has 0 aliphatic carbocycles. The number of carbonyl (C=O) groups excluding carboxylic acids is 1. The molecular weight excluding hydrogens is 318 g/mol. The lowest BCUT2D eigenvalue weighted by atomic mass is 10.1. The van der Waals surface area contributed by atoms with E-state index in [1.165, 1.54) is 0 Å². The van der Waals surface area contributed by atoms with Crippen molar-refractivity contribution in [1.82, 2.24) is 20.3 Å². The molecule has 1 aliphatic heterocycles. The van der Waals surface area contributed by atoms with Crippen LogP contribution in [0.15, 0.2) is 34.9 Å². The maximum atomic E-state index is 12.3. The molecule has 0 atom stereocenters. The maximum Gasteiger partial charge on any atom is 0.317 e. The van der Waals surface area contributed by atoms with Gasteiger partial charge in [-0.15, -0.1) is 0 Å². The summed E-state index contributed by atoms with van der Waals surface area (Å²) in [7, 11) is 0. The second-order valence-electron chi connectivity index (χ2n) is 6.17. The summed E-state index contributed by atoms with van der Waals surface area (Å²) in [5.74, 6) is 0.854. The van der Waals surface area contributed by atoms with Crippen molar-refractivity contribution >= 4 is 6.03 Å². The van der Waals surface area contributed by atoms with Gasteiger partial charge in [0.2, 0.25) is 0 Å². The summed E-state index contributed by atoms with van der Waals surface area (Å²) in [5, 5.41) is 15.7. The number of benzene rings is 1. The average molecular weight is 339 g/mol. The van der Waals surface area contributed by atoms with Gasteiger partial charge in [0.15, 0.2) is 5.76 Å². The minimum absolute atomic E-state index is 0.0717. The lowest BCUT2D eigenvalue weighted by Crippen LogP contribution is -2.51. The molecule has 2 aromatic rings. The van der Waals surface area contributed by atoms with Crippen LogP contribution in [0.1, 0.15) is 22.6 Å². The van der Waals surface area contributed by atoms with Gasteiger partial charge in [0.05, 0.1) is 23.9 Å². The molecule has 2 heterocycles. The highest BCUT2D eigenvalue weighted by Gasteiger charge is 2.21. The van der Waals surface area contributed by atoms with E-state index in [4.69, 9.17) is 9.78 Å². The topological polar surface area (TPSA) is 85.4 Å². The molecule has 3 rings (SSSR count). The summed E-state index contributed by atoms with van der Waals surface area (Å²) in [6, 6.07) is 11.2. The number of piperazine rings is 1. The normalized spacial score (nSPS) is 15.0. The third-order valence-corrected chi connectivity index (χ3v) is 4.22. The summed E-state index contributed by atoms with van der Waals surface area (Å²) in [6.07, 6.45) is 0. The summed E-state index contributed by atoms with van der Waals surface area (Å²) in [4.78, 5) is 16.4. The molecule has 7 nitrogen and oxygen atoms in total. The smallest absolute Gasteiger partial charge is 0.317 e. The largest absolute Gasteiger partial charge is 0.360 e. The summed E-state index contributed by atoms with van der Waals surface area (Å²) >= 11 is 0. The number of aryl methyl sites for hydroxylation is 1. The van der Waals surface area contributed by atoms with E-state index < -0.39 is 0 Å². The highest BCUT2D eigenvalue weighted by molar-refractivity contribution is 5.74. The van der Waals surface area contributed by atoms with Crippen molar-refractivity contribution in [3.05, 3.63) is 52.9 Å². The molecule has 1 fully saturated rings. The minimum atomic E-state index is -0.0717. The number of nitriles is 1. The fraction of sp³-hybridized carbons (Fsp3) is 0.389. The van der Waals surface area contributed by atoms with E-state index in [9.17, 15) is 4.79 Å². The summed E-state index contributed by atoms with van der Waals surface area (Å²) in [5.41, 5.74) is 2.41. The Balaban J connectivity index is 1.44. The van der Waals surface area contributed by atoms with Crippen LogP contribution in [0, 0.1) is 18.3 Å². The molecule has 2 amide bonds. The Kier molecular flexibility index (Phi) is 5.31. The van der Waals surface area contributed by atoms with Gasteiger partial charge >= 0.3 is 6.03 Å². The molecule has 7 heteroatoms.